The summed E-state index contributed by atoms with van der Waals surface area (Å²) in [4.78, 5) is 23.8. The summed E-state index contributed by atoms with van der Waals surface area (Å²) in [6.07, 6.45) is -1.93. The molecule has 0 amide bonds. The van der Waals surface area contributed by atoms with Gasteiger partial charge in [0.25, 0.3) is 0 Å². The largest absolute Gasteiger partial charge is 0.507 e. The fourth-order valence-electron chi connectivity index (χ4n) is 2.73. The number of rotatable bonds is 6. The number of aromatic hydroxyl groups is 2. The summed E-state index contributed by atoms with van der Waals surface area (Å²) in [6.45, 7) is 1.58. The lowest BCUT2D eigenvalue weighted by Crippen LogP contribution is -2.27. The first-order valence-corrected chi connectivity index (χ1v) is 7.46. The lowest BCUT2D eigenvalue weighted by atomic mass is 9.97. The van der Waals surface area contributed by atoms with Gasteiger partial charge in [0.1, 0.15) is 22.6 Å². The maximum Gasteiger partial charge on any atom is 0.347 e. The fourth-order valence-corrected chi connectivity index (χ4v) is 2.73. The van der Waals surface area contributed by atoms with Gasteiger partial charge in [-0.05, 0) is 24.4 Å². The van der Waals surface area contributed by atoms with Crippen molar-refractivity contribution < 1.29 is 33.6 Å². The average Bonchev–Trinajstić information content (AvgIpc) is 2.55. The molecule has 0 aliphatic heterocycles. The maximum atomic E-state index is 12.1. The molecule has 0 radical (unpaired) electrons. The predicted octanol–water partition coefficient (Wildman–Crippen LogP) is 1.78. The second-order valence-corrected chi connectivity index (χ2v) is 5.47. The van der Waals surface area contributed by atoms with Gasteiger partial charge in [0.2, 0.25) is 0 Å². The van der Waals surface area contributed by atoms with E-state index in [0.29, 0.717) is 11.1 Å². The van der Waals surface area contributed by atoms with Gasteiger partial charge in [-0.15, -0.1) is 0 Å². The van der Waals surface area contributed by atoms with Crippen molar-refractivity contribution in [3.8, 4) is 11.5 Å². The zero-order valence-electron chi connectivity index (χ0n) is 14.4. The van der Waals surface area contributed by atoms with Crippen LogP contribution in [-0.4, -0.2) is 43.6 Å². The predicted molar refractivity (Wildman–Crippen MR) is 87.7 cm³/mol. The number of methoxy groups -OCH3 is 3. The molecule has 0 unspecified atom stereocenters. The van der Waals surface area contributed by atoms with E-state index in [2.05, 4.69) is 4.74 Å². The summed E-state index contributed by atoms with van der Waals surface area (Å²) in [7, 11) is 3.88. The third kappa shape index (κ3) is 3.59. The number of aryl methyl sites for hydroxylation is 1. The molecule has 2 rings (SSSR count). The molecule has 0 aliphatic carbocycles. The minimum Gasteiger partial charge on any atom is -0.507 e. The van der Waals surface area contributed by atoms with Crippen molar-refractivity contribution in [2.24, 2.45) is 0 Å². The first kappa shape index (κ1) is 18.8. The number of benzene rings is 1. The van der Waals surface area contributed by atoms with Crippen LogP contribution in [0.5, 0.6) is 11.5 Å². The Labute approximate surface area is 143 Å². The minimum atomic E-state index is -0.973. The third-order valence-corrected chi connectivity index (χ3v) is 3.95. The molecule has 2 atom stereocenters. The Morgan fingerprint density at radius 3 is 2.44 bits per heavy atom. The molecule has 8 heteroatoms. The van der Waals surface area contributed by atoms with Gasteiger partial charge in [0, 0.05) is 20.6 Å². The van der Waals surface area contributed by atoms with Gasteiger partial charge in [0.05, 0.1) is 18.8 Å². The molecular weight excluding hydrogens is 332 g/mol. The van der Waals surface area contributed by atoms with Crippen molar-refractivity contribution in [1.29, 1.82) is 0 Å². The van der Waals surface area contributed by atoms with Crippen LogP contribution < -0.4 is 5.63 Å². The highest BCUT2D eigenvalue weighted by Gasteiger charge is 2.29. The zero-order valence-corrected chi connectivity index (χ0v) is 14.4. The number of fused-ring (bicyclic) bond motifs is 1. The molecule has 2 aromatic rings. The fraction of sp³-hybridized carbons (Fsp3) is 0.412. The first-order valence-electron chi connectivity index (χ1n) is 7.46. The lowest BCUT2D eigenvalue weighted by molar-refractivity contribution is -0.154. The van der Waals surface area contributed by atoms with E-state index in [1.807, 2.05) is 0 Å². The highest BCUT2D eigenvalue weighted by atomic mass is 16.6. The number of phenolic OH excluding ortho intramolecular Hbond substituents is 2. The Balaban J connectivity index is 2.58. The van der Waals surface area contributed by atoms with Crippen LogP contribution in [0.4, 0.5) is 0 Å². The minimum absolute atomic E-state index is 0.0305. The smallest absolute Gasteiger partial charge is 0.347 e. The summed E-state index contributed by atoms with van der Waals surface area (Å²) in [6, 6.07) is 2.86. The molecule has 1 heterocycles. The highest BCUT2D eigenvalue weighted by Crippen LogP contribution is 2.41. The average molecular weight is 352 g/mol. The Morgan fingerprint density at radius 2 is 1.88 bits per heavy atom. The van der Waals surface area contributed by atoms with E-state index in [9.17, 15) is 19.8 Å². The maximum absolute atomic E-state index is 12.1. The van der Waals surface area contributed by atoms with E-state index < -0.39 is 29.6 Å². The summed E-state index contributed by atoms with van der Waals surface area (Å²) in [5.74, 6) is -1.02. The van der Waals surface area contributed by atoms with Crippen LogP contribution in [0.3, 0.4) is 0 Å². The van der Waals surface area contributed by atoms with Crippen molar-refractivity contribution in [3.05, 3.63) is 33.9 Å². The quantitative estimate of drug-likeness (QED) is 0.756. The number of carbonyl (C=O) groups is 1. The number of carbonyl (C=O) groups excluding carboxylic acids is 1. The van der Waals surface area contributed by atoms with Gasteiger partial charge in [-0.2, -0.15) is 0 Å². The summed E-state index contributed by atoms with van der Waals surface area (Å²) >= 11 is 0. The van der Waals surface area contributed by atoms with Crippen molar-refractivity contribution in [1.82, 2.24) is 0 Å². The van der Waals surface area contributed by atoms with Crippen LogP contribution in [0.2, 0.25) is 0 Å². The molecule has 0 saturated heterocycles. The summed E-state index contributed by atoms with van der Waals surface area (Å²) < 4.78 is 20.0. The molecule has 2 N–H and O–H groups in total. The van der Waals surface area contributed by atoms with Crippen LogP contribution >= 0.6 is 0 Å². The number of hydrogen-bond acceptors (Lipinski definition) is 8. The van der Waals surface area contributed by atoms with Gasteiger partial charge in [-0.25, -0.2) is 9.59 Å². The molecule has 136 valence electrons. The molecule has 1 aromatic carbocycles. The van der Waals surface area contributed by atoms with Gasteiger partial charge < -0.3 is 28.8 Å². The SMILES string of the molecule is COC(=O)[C@@H](C[C@@H](OC)c1c(O)cc2cc(C)oc(=O)c2c1O)OC. The number of esters is 1. The summed E-state index contributed by atoms with van der Waals surface area (Å²) in [5.41, 5.74) is -0.767. The van der Waals surface area contributed by atoms with Crippen molar-refractivity contribution in [3.63, 3.8) is 0 Å². The van der Waals surface area contributed by atoms with Gasteiger partial charge in [0.15, 0.2) is 6.10 Å². The van der Waals surface area contributed by atoms with E-state index >= 15 is 0 Å². The second kappa shape index (κ2) is 7.54. The molecule has 8 nitrogen and oxygen atoms in total. The van der Waals surface area contributed by atoms with E-state index in [0.717, 1.165) is 0 Å². The zero-order chi connectivity index (χ0) is 18.7. The van der Waals surface area contributed by atoms with Crippen molar-refractivity contribution in [2.75, 3.05) is 21.3 Å². The van der Waals surface area contributed by atoms with Crippen molar-refractivity contribution >= 4 is 16.7 Å². The lowest BCUT2D eigenvalue weighted by Gasteiger charge is -2.22. The number of phenols is 2. The molecule has 0 saturated carbocycles. The van der Waals surface area contributed by atoms with E-state index in [4.69, 9.17) is 13.9 Å². The topological polar surface area (TPSA) is 115 Å². The van der Waals surface area contributed by atoms with Gasteiger partial charge >= 0.3 is 11.6 Å². The first-order chi connectivity index (χ1) is 11.8. The van der Waals surface area contributed by atoms with Crippen LogP contribution in [0.15, 0.2) is 21.3 Å². The molecule has 0 bridgehead atoms. The van der Waals surface area contributed by atoms with Crippen LogP contribution in [0.1, 0.15) is 23.8 Å². The normalized spacial score (nSPS) is 13.6. The Kier molecular flexibility index (Phi) is 5.66. The monoisotopic (exact) mass is 352 g/mol. The van der Waals surface area contributed by atoms with Crippen LogP contribution in [0.25, 0.3) is 10.8 Å². The van der Waals surface area contributed by atoms with Crippen LogP contribution in [0, 0.1) is 6.92 Å². The highest BCUT2D eigenvalue weighted by molar-refractivity contribution is 5.90. The van der Waals surface area contributed by atoms with Gasteiger partial charge in [-0.3, -0.25) is 0 Å². The molecule has 0 aliphatic rings. The molecule has 0 fully saturated rings. The molecule has 1 aromatic heterocycles. The Hall–Kier alpha value is -2.58. The Morgan fingerprint density at radius 1 is 1.20 bits per heavy atom. The van der Waals surface area contributed by atoms with Gasteiger partial charge in [-0.1, -0.05) is 0 Å². The molecule has 0 spiro atoms. The molecule has 25 heavy (non-hydrogen) atoms. The number of hydrogen-bond donors (Lipinski definition) is 2. The number of ether oxygens (including phenoxy) is 3. The van der Waals surface area contributed by atoms with E-state index in [-0.39, 0.29) is 23.1 Å². The van der Waals surface area contributed by atoms with E-state index in [1.54, 1.807) is 6.92 Å². The Bertz CT molecular complexity index is 839. The second-order valence-electron chi connectivity index (χ2n) is 5.47. The third-order valence-electron chi connectivity index (χ3n) is 3.95. The standard InChI is InChI=1S/C17H20O8/c1-8-5-9-6-10(18)14(15(19)13(9)17(21)25-8)11(22-2)7-12(23-3)16(20)24-4/h5-6,11-12,18-19H,7H2,1-4H3/t11-,12-/m1/s1. The molecular formula is C17H20O8. The van der Waals surface area contributed by atoms with Crippen molar-refractivity contribution in [2.45, 2.75) is 25.6 Å². The van der Waals surface area contributed by atoms with Crippen LogP contribution in [-0.2, 0) is 19.0 Å². The summed E-state index contributed by atoms with van der Waals surface area (Å²) in [5, 5.41) is 21.1. The van der Waals surface area contributed by atoms with E-state index in [1.165, 1.54) is 33.5 Å².